The Morgan fingerprint density at radius 1 is 1.11 bits per heavy atom. The topological polar surface area (TPSA) is 51.7 Å². The largest absolute Gasteiger partial charge is 0.353 e. The zero-order valence-electron chi connectivity index (χ0n) is 17.7. The van der Waals surface area contributed by atoms with E-state index in [9.17, 15) is 4.79 Å². The summed E-state index contributed by atoms with van der Waals surface area (Å²) < 4.78 is 0. The predicted molar refractivity (Wildman–Crippen MR) is 110 cm³/mol. The minimum atomic E-state index is 0.0774. The minimum Gasteiger partial charge on any atom is -0.353 e. The lowest BCUT2D eigenvalue weighted by atomic mass is 9.77. The van der Waals surface area contributed by atoms with Gasteiger partial charge < -0.3 is 15.1 Å². The van der Waals surface area contributed by atoms with Gasteiger partial charge in [-0.25, -0.2) is 9.78 Å². The fourth-order valence-electron chi connectivity index (χ4n) is 4.67. The Morgan fingerprint density at radius 2 is 1.70 bits per heavy atom. The van der Waals surface area contributed by atoms with Crippen molar-refractivity contribution in [3.8, 4) is 0 Å². The van der Waals surface area contributed by atoms with E-state index in [0.29, 0.717) is 0 Å². The van der Waals surface area contributed by atoms with Gasteiger partial charge in [0.2, 0.25) is 0 Å². The Bertz CT molecular complexity index is 661. The molecule has 2 aliphatic heterocycles. The van der Waals surface area contributed by atoms with Crippen LogP contribution in [0.1, 0.15) is 46.1 Å². The highest BCUT2D eigenvalue weighted by Crippen LogP contribution is 2.36. The molecule has 6 heteroatoms. The van der Waals surface area contributed by atoms with E-state index in [0.717, 1.165) is 44.8 Å². The quantitative estimate of drug-likeness (QED) is 0.866. The average Bonchev–Trinajstić information content (AvgIpc) is 2.60. The molecule has 0 radical (unpaired) electrons. The lowest BCUT2D eigenvalue weighted by Crippen LogP contribution is -2.64. The van der Waals surface area contributed by atoms with E-state index in [1.54, 1.807) is 0 Å². The van der Waals surface area contributed by atoms with Crippen molar-refractivity contribution in [2.45, 2.75) is 64.6 Å². The van der Waals surface area contributed by atoms with Crippen molar-refractivity contribution in [3.05, 3.63) is 23.9 Å². The number of piperidine rings is 1. The van der Waals surface area contributed by atoms with Gasteiger partial charge in [-0.05, 0) is 66.1 Å². The highest BCUT2D eigenvalue weighted by molar-refractivity contribution is 5.75. The van der Waals surface area contributed by atoms with E-state index >= 15 is 0 Å². The van der Waals surface area contributed by atoms with Gasteiger partial charge in [0.1, 0.15) is 5.82 Å². The molecule has 2 aliphatic rings. The van der Waals surface area contributed by atoms with Crippen LogP contribution in [0.25, 0.3) is 0 Å². The van der Waals surface area contributed by atoms with Crippen molar-refractivity contribution < 1.29 is 4.79 Å². The number of piperazine rings is 1. The number of carbonyl (C=O) groups is 1. The first-order valence-electron chi connectivity index (χ1n) is 10.1. The molecule has 150 valence electrons. The van der Waals surface area contributed by atoms with Crippen LogP contribution < -0.4 is 10.2 Å². The Morgan fingerprint density at radius 3 is 2.26 bits per heavy atom. The van der Waals surface area contributed by atoms with Crippen molar-refractivity contribution in [2.24, 2.45) is 0 Å². The van der Waals surface area contributed by atoms with Gasteiger partial charge in [-0.3, -0.25) is 4.90 Å². The number of rotatable bonds is 2. The second kappa shape index (κ2) is 7.30. The summed E-state index contributed by atoms with van der Waals surface area (Å²) in [6.45, 7) is 14.3. The third-order valence-corrected chi connectivity index (χ3v) is 6.48. The monoisotopic (exact) mass is 373 g/mol. The van der Waals surface area contributed by atoms with Crippen molar-refractivity contribution in [1.82, 2.24) is 20.1 Å². The number of likely N-dealkylation sites (tertiary alicyclic amines) is 1. The molecule has 27 heavy (non-hydrogen) atoms. The summed E-state index contributed by atoms with van der Waals surface area (Å²) in [6, 6.07) is 4.35. The number of amides is 2. The fraction of sp³-hybridized carbons (Fsp3) is 0.714. The van der Waals surface area contributed by atoms with Crippen LogP contribution in [0.4, 0.5) is 10.6 Å². The summed E-state index contributed by atoms with van der Waals surface area (Å²) in [5, 5.41) is 3.31. The molecule has 0 aromatic carbocycles. The fourth-order valence-corrected chi connectivity index (χ4v) is 4.67. The minimum absolute atomic E-state index is 0.0774. The smallest absolute Gasteiger partial charge is 0.317 e. The number of hydrogen-bond acceptors (Lipinski definition) is 4. The molecule has 0 bridgehead atoms. The molecule has 0 saturated carbocycles. The van der Waals surface area contributed by atoms with E-state index in [2.05, 4.69) is 67.8 Å². The molecule has 0 atom stereocenters. The summed E-state index contributed by atoms with van der Waals surface area (Å²) in [6.07, 6.45) is 3.79. The molecule has 1 aromatic rings. The zero-order valence-corrected chi connectivity index (χ0v) is 17.7. The number of urea groups is 1. The lowest BCUT2D eigenvalue weighted by Gasteiger charge is -2.53. The van der Waals surface area contributed by atoms with Gasteiger partial charge in [0.15, 0.2) is 0 Å². The molecular weight excluding hydrogens is 338 g/mol. The van der Waals surface area contributed by atoms with Crippen LogP contribution in [-0.2, 0) is 0 Å². The molecule has 0 aliphatic carbocycles. The zero-order chi connectivity index (χ0) is 19.8. The SMILES string of the molecule is Cc1cccnc1N1CCN(C(=O)NC2CC(C)(C)N(C)C(C)(C)C2)CC1. The highest BCUT2D eigenvalue weighted by atomic mass is 16.2. The van der Waals surface area contributed by atoms with E-state index < -0.39 is 0 Å². The summed E-state index contributed by atoms with van der Waals surface area (Å²) in [5.74, 6) is 1.04. The Hall–Kier alpha value is -1.82. The van der Waals surface area contributed by atoms with Crippen LogP contribution in [0.15, 0.2) is 18.3 Å². The van der Waals surface area contributed by atoms with E-state index in [1.807, 2.05) is 17.2 Å². The maximum atomic E-state index is 12.8. The van der Waals surface area contributed by atoms with Crippen molar-refractivity contribution >= 4 is 11.8 Å². The van der Waals surface area contributed by atoms with Crippen molar-refractivity contribution in [1.29, 1.82) is 0 Å². The van der Waals surface area contributed by atoms with Crippen LogP contribution in [0.2, 0.25) is 0 Å². The molecule has 0 unspecified atom stereocenters. The first-order chi connectivity index (χ1) is 12.6. The molecule has 0 spiro atoms. The van der Waals surface area contributed by atoms with Crippen LogP contribution in [-0.4, -0.2) is 71.2 Å². The Kier molecular flexibility index (Phi) is 5.39. The molecule has 6 nitrogen and oxygen atoms in total. The molecular formula is C21H35N5O. The Labute approximate surface area is 163 Å². The predicted octanol–water partition coefficient (Wildman–Crippen LogP) is 2.87. The molecule has 2 fully saturated rings. The summed E-state index contributed by atoms with van der Waals surface area (Å²) in [4.78, 5) is 24.0. The van der Waals surface area contributed by atoms with Gasteiger partial charge in [-0.2, -0.15) is 0 Å². The maximum Gasteiger partial charge on any atom is 0.317 e. The van der Waals surface area contributed by atoms with Gasteiger partial charge in [-0.15, -0.1) is 0 Å². The standard InChI is InChI=1S/C21H35N5O/c1-16-8-7-9-22-18(16)25-10-12-26(13-11-25)19(27)23-17-14-20(2,3)24(6)21(4,5)15-17/h7-9,17H,10-15H2,1-6H3,(H,23,27). The van der Waals surface area contributed by atoms with Gasteiger partial charge in [-0.1, -0.05) is 6.07 Å². The van der Waals surface area contributed by atoms with Crippen molar-refractivity contribution in [3.63, 3.8) is 0 Å². The normalized spacial score (nSPS) is 23.3. The van der Waals surface area contributed by atoms with Crippen LogP contribution in [0.3, 0.4) is 0 Å². The van der Waals surface area contributed by atoms with E-state index in [4.69, 9.17) is 0 Å². The summed E-state index contributed by atoms with van der Waals surface area (Å²) in [5.41, 5.74) is 1.34. The first-order valence-corrected chi connectivity index (χ1v) is 10.1. The number of anilines is 1. The van der Waals surface area contributed by atoms with Gasteiger partial charge in [0.25, 0.3) is 0 Å². The van der Waals surface area contributed by atoms with Crippen LogP contribution >= 0.6 is 0 Å². The lowest BCUT2D eigenvalue weighted by molar-refractivity contribution is -0.0166. The van der Waals surface area contributed by atoms with E-state index in [1.165, 1.54) is 5.56 Å². The van der Waals surface area contributed by atoms with Crippen molar-refractivity contribution in [2.75, 3.05) is 38.1 Å². The molecule has 1 aromatic heterocycles. The van der Waals surface area contributed by atoms with Gasteiger partial charge in [0, 0.05) is 49.5 Å². The number of carbonyl (C=O) groups excluding carboxylic acids is 1. The molecule has 3 heterocycles. The van der Waals surface area contributed by atoms with Gasteiger partial charge >= 0.3 is 6.03 Å². The number of hydrogen-bond donors (Lipinski definition) is 1. The second-order valence-electron chi connectivity index (χ2n) is 9.36. The third-order valence-electron chi connectivity index (χ3n) is 6.48. The molecule has 2 amide bonds. The number of aromatic nitrogens is 1. The molecule has 2 saturated heterocycles. The van der Waals surface area contributed by atoms with E-state index in [-0.39, 0.29) is 23.2 Å². The number of pyridine rings is 1. The maximum absolute atomic E-state index is 12.8. The number of nitrogens with one attached hydrogen (secondary N) is 1. The summed E-state index contributed by atoms with van der Waals surface area (Å²) >= 11 is 0. The molecule has 1 N–H and O–H groups in total. The third kappa shape index (κ3) is 4.21. The average molecular weight is 374 g/mol. The molecule has 3 rings (SSSR count). The highest BCUT2D eigenvalue weighted by Gasteiger charge is 2.43. The second-order valence-corrected chi connectivity index (χ2v) is 9.36. The number of aryl methyl sites for hydroxylation is 1. The first kappa shape index (κ1) is 19.9. The Balaban J connectivity index is 1.56. The summed E-state index contributed by atoms with van der Waals surface area (Å²) in [7, 11) is 2.19. The number of nitrogens with zero attached hydrogens (tertiary/aromatic N) is 4. The van der Waals surface area contributed by atoms with Crippen LogP contribution in [0, 0.1) is 6.92 Å². The van der Waals surface area contributed by atoms with Crippen LogP contribution in [0.5, 0.6) is 0 Å². The van der Waals surface area contributed by atoms with Gasteiger partial charge in [0.05, 0.1) is 0 Å².